The number of tetrazole rings is 1. The lowest BCUT2D eigenvalue weighted by Gasteiger charge is -2.30. The number of pyridine rings is 1. The smallest absolute Gasteiger partial charge is 0.252 e. The average molecular weight is 477 g/mol. The zero-order valence-electron chi connectivity index (χ0n) is 20.2. The molecule has 0 spiro atoms. The normalized spacial score (nSPS) is 12.3. The van der Waals surface area contributed by atoms with Gasteiger partial charge in [-0.1, -0.05) is 43.7 Å². The summed E-state index contributed by atoms with van der Waals surface area (Å²) < 4.78 is 7.43. The van der Waals surface area contributed by atoms with E-state index in [1.165, 1.54) is 0 Å². The zero-order chi connectivity index (χ0) is 24.6. The van der Waals surface area contributed by atoms with Crippen LogP contribution in [-0.2, 0) is 13.1 Å². The van der Waals surface area contributed by atoms with Crippen molar-refractivity contribution in [3.63, 3.8) is 0 Å². The molecule has 2 N–H and O–H groups in total. The van der Waals surface area contributed by atoms with Crippen LogP contribution in [0.2, 0.25) is 0 Å². The van der Waals surface area contributed by atoms with Crippen molar-refractivity contribution in [1.82, 2.24) is 30.1 Å². The molecule has 0 saturated carbocycles. The second-order valence-corrected chi connectivity index (χ2v) is 8.48. The summed E-state index contributed by atoms with van der Waals surface area (Å²) >= 11 is 0. The molecule has 0 aliphatic heterocycles. The number of nitrogens with one attached hydrogen (secondary N) is 1. The van der Waals surface area contributed by atoms with Gasteiger partial charge in [0.2, 0.25) is 0 Å². The molecule has 2 aromatic carbocycles. The SMILES string of the molecule is CCCC(c1nnnn1Cc1ccccc1)N(CCO)Cc1cc2cc(OCC)ccc2[nH]c1=O. The molecule has 35 heavy (non-hydrogen) atoms. The summed E-state index contributed by atoms with van der Waals surface area (Å²) in [7, 11) is 0. The molecule has 184 valence electrons. The van der Waals surface area contributed by atoms with Gasteiger partial charge < -0.3 is 14.8 Å². The molecule has 4 aromatic rings. The van der Waals surface area contributed by atoms with E-state index in [0.717, 1.165) is 40.9 Å². The standard InChI is InChI=1S/C26H32N6O3/c1-3-8-24(25-28-29-30-32(25)17-19-9-6-5-7-10-19)31(13-14-33)18-21-15-20-16-22(35-4-2)11-12-23(20)27-26(21)34/h5-7,9-12,15-16,24,33H,3-4,8,13-14,17-18H2,1-2H3,(H,27,34). The van der Waals surface area contributed by atoms with E-state index in [-0.39, 0.29) is 18.2 Å². The van der Waals surface area contributed by atoms with E-state index < -0.39 is 0 Å². The minimum absolute atomic E-state index is 0.0412. The molecule has 0 bridgehead atoms. The van der Waals surface area contributed by atoms with Crippen LogP contribution in [0, 0.1) is 0 Å². The molecule has 1 unspecified atom stereocenters. The fraction of sp³-hybridized carbons (Fsp3) is 0.385. The Morgan fingerprint density at radius 3 is 2.71 bits per heavy atom. The van der Waals surface area contributed by atoms with Gasteiger partial charge >= 0.3 is 0 Å². The zero-order valence-corrected chi connectivity index (χ0v) is 20.2. The molecule has 0 saturated heterocycles. The number of hydrogen-bond acceptors (Lipinski definition) is 7. The van der Waals surface area contributed by atoms with Gasteiger partial charge in [-0.2, -0.15) is 0 Å². The maximum absolute atomic E-state index is 12.9. The largest absolute Gasteiger partial charge is 0.494 e. The van der Waals surface area contributed by atoms with Crippen LogP contribution >= 0.6 is 0 Å². The Balaban J connectivity index is 1.66. The van der Waals surface area contributed by atoms with Crippen molar-refractivity contribution in [2.45, 2.75) is 45.8 Å². The highest BCUT2D eigenvalue weighted by molar-refractivity contribution is 5.80. The van der Waals surface area contributed by atoms with Crippen molar-refractivity contribution >= 4 is 10.9 Å². The maximum Gasteiger partial charge on any atom is 0.252 e. The number of aromatic nitrogens is 5. The first-order valence-corrected chi connectivity index (χ1v) is 12.1. The number of nitrogens with zero attached hydrogens (tertiary/aromatic N) is 5. The van der Waals surface area contributed by atoms with Crippen LogP contribution < -0.4 is 10.3 Å². The number of ether oxygens (including phenoxy) is 1. The summed E-state index contributed by atoms with van der Waals surface area (Å²) in [6.07, 6.45) is 1.69. The molecule has 0 fully saturated rings. The van der Waals surface area contributed by atoms with Crippen LogP contribution in [0.5, 0.6) is 5.75 Å². The van der Waals surface area contributed by atoms with Crippen LogP contribution in [0.25, 0.3) is 10.9 Å². The Hall–Kier alpha value is -3.56. The van der Waals surface area contributed by atoms with Gasteiger partial charge in [-0.25, -0.2) is 4.68 Å². The third-order valence-electron chi connectivity index (χ3n) is 6.00. The summed E-state index contributed by atoms with van der Waals surface area (Å²) in [5.41, 5.74) is 2.32. The number of aromatic amines is 1. The van der Waals surface area contributed by atoms with E-state index in [1.54, 1.807) is 4.68 Å². The molecular formula is C26H32N6O3. The van der Waals surface area contributed by atoms with Gasteiger partial charge in [-0.3, -0.25) is 9.69 Å². The Kier molecular flexibility index (Phi) is 8.23. The minimum atomic E-state index is -0.157. The van der Waals surface area contributed by atoms with Crippen LogP contribution in [0.1, 0.15) is 49.7 Å². The van der Waals surface area contributed by atoms with E-state index in [9.17, 15) is 9.90 Å². The average Bonchev–Trinajstić information content (AvgIpc) is 3.31. The molecular weight excluding hydrogens is 444 g/mol. The van der Waals surface area contributed by atoms with Crippen LogP contribution in [-0.4, -0.2) is 55.0 Å². The van der Waals surface area contributed by atoms with Crippen molar-refractivity contribution in [3.05, 3.63) is 81.9 Å². The minimum Gasteiger partial charge on any atom is -0.494 e. The number of rotatable bonds is 12. The Morgan fingerprint density at radius 1 is 1.14 bits per heavy atom. The molecule has 0 amide bonds. The van der Waals surface area contributed by atoms with Crippen molar-refractivity contribution < 1.29 is 9.84 Å². The van der Waals surface area contributed by atoms with Crippen molar-refractivity contribution in [1.29, 1.82) is 0 Å². The molecule has 9 heteroatoms. The van der Waals surface area contributed by atoms with Gasteiger partial charge in [-0.05, 0) is 53.6 Å². The highest BCUT2D eigenvalue weighted by Gasteiger charge is 2.26. The van der Waals surface area contributed by atoms with Crippen LogP contribution in [0.4, 0.5) is 0 Å². The number of hydrogen-bond donors (Lipinski definition) is 2. The second kappa shape index (κ2) is 11.7. The molecule has 2 heterocycles. The third kappa shape index (κ3) is 5.93. The highest BCUT2D eigenvalue weighted by Crippen LogP contribution is 2.26. The van der Waals surface area contributed by atoms with Crippen LogP contribution in [0.3, 0.4) is 0 Å². The van der Waals surface area contributed by atoms with E-state index >= 15 is 0 Å². The first-order chi connectivity index (χ1) is 17.1. The molecule has 0 aliphatic rings. The lowest BCUT2D eigenvalue weighted by atomic mass is 10.1. The van der Waals surface area contributed by atoms with Gasteiger partial charge in [0.1, 0.15) is 5.75 Å². The highest BCUT2D eigenvalue weighted by atomic mass is 16.5. The van der Waals surface area contributed by atoms with Crippen molar-refractivity contribution in [2.24, 2.45) is 0 Å². The summed E-state index contributed by atoms with van der Waals surface area (Å²) in [5.74, 6) is 1.48. The first-order valence-electron chi connectivity index (χ1n) is 12.1. The molecule has 0 aliphatic carbocycles. The lowest BCUT2D eigenvalue weighted by molar-refractivity contribution is 0.128. The molecule has 0 radical (unpaired) electrons. The first kappa shape index (κ1) is 24.6. The monoisotopic (exact) mass is 476 g/mol. The Bertz CT molecular complexity index is 1290. The maximum atomic E-state index is 12.9. The van der Waals surface area contributed by atoms with Gasteiger partial charge in [0.05, 0.1) is 25.8 Å². The third-order valence-corrected chi connectivity index (χ3v) is 6.00. The quantitative estimate of drug-likeness (QED) is 0.323. The van der Waals surface area contributed by atoms with E-state index in [1.807, 2.05) is 61.5 Å². The summed E-state index contributed by atoms with van der Waals surface area (Å²) in [6, 6.07) is 17.4. The van der Waals surface area contributed by atoms with Gasteiger partial charge in [0.15, 0.2) is 5.82 Å². The van der Waals surface area contributed by atoms with E-state index in [4.69, 9.17) is 4.74 Å². The van der Waals surface area contributed by atoms with Crippen molar-refractivity contribution in [3.8, 4) is 5.75 Å². The molecule has 1 atom stereocenters. The number of aliphatic hydroxyl groups excluding tert-OH is 1. The lowest BCUT2D eigenvalue weighted by Crippen LogP contribution is -2.35. The number of benzene rings is 2. The topological polar surface area (TPSA) is 109 Å². The fourth-order valence-corrected chi connectivity index (χ4v) is 4.36. The second-order valence-electron chi connectivity index (χ2n) is 8.48. The summed E-state index contributed by atoms with van der Waals surface area (Å²) in [6.45, 7) is 5.87. The molecule has 9 nitrogen and oxygen atoms in total. The summed E-state index contributed by atoms with van der Waals surface area (Å²) in [4.78, 5) is 18.0. The summed E-state index contributed by atoms with van der Waals surface area (Å²) in [5, 5.41) is 23.3. The number of fused-ring (bicyclic) bond motifs is 1. The number of aliphatic hydroxyl groups is 1. The van der Waals surface area contributed by atoms with E-state index in [0.29, 0.717) is 31.8 Å². The Labute approximate surface area is 204 Å². The molecule has 4 rings (SSSR count). The van der Waals surface area contributed by atoms with E-state index in [2.05, 4.69) is 32.3 Å². The van der Waals surface area contributed by atoms with Crippen molar-refractivity contribution in [2.75, 3.05) is 19.8 Å². The molecule has 2 aromatic heterocycles. The predicted molar refractivity (Wildman–Crippen MR) is 134 cm³/mol. The number of H-pyrrole nitrogens is 1. The van der Waals surface area contributed by atoms with Gasteiger partial charge in [-0.15, -0.1) is 5.10 Å². The predicted octanol–water partition coefficient (Wildman–Crippen LogP) is 3.30. The van der Waals surface area contributed by atoms with Crippen LogP contribution in [0.15, 0.2) is 59.4 Å². The Morgan fingerprint density at radius 2 is 1.97 bits per heavy atom. The van der Waals surface area contributed by atoms with Gasteiger partial charge in [0.25, 0.3) is 5.56 Å². The van der Waals surface area contributed by atoms with Gasteiger partial charge in [0, 0.05) is 29.6 Å². The fourth-order valence-electron chi connectivity index (χ4n) is 4.36.